The Morgan fingerprint density at radius 3 is 2.73 bits per heavy atom. The molecule has 1 unspecified atom stereocenters. The van der Waals surface area contributed by atoms with Crippen molar-refractivity contribution in [1.29, 1.82) is 0 Å². The minimum absolute atomic E-state index is 0.0592. The molecular formula is C17H34N4O. The fourth-order valence-electron chi connectivity index (χ4n) is 3.30. The Hall–Kier alpha value is -0.810. The van der Waals surface area contributed by atoms with E-state index in [1.165, 1.54) is 32.4 Å². The van der Waals surface area contributed by atoms with Crippen molar-refractivity contribution in [3.05, 3.63) is 0 Å². The summed E-state index contributed by atoms with van der Waals surface area (Å²) in [6, 6.07) is 0. The molecule has 128 valence electrons. The van der Waals surface area contributed by atoms with Crippen molar-refractivity contribution in [3.63, 3.8) is 0 Å². The second-order valence-corrected chi connectivity index (χ2v) is 7.06. The van der Waals surface area contributed by atoms with Gasteiger partial charge in [-0.1, -0.05) is 0 Å². The van der Waals surface area contributed by atoms with Gasteiger partial charge in [0.2, 0.25) is 0 Å². The lowest BCUT2D eigenvalue weighted by atomic mass is 9.94. The molecule has 22 heavy (non-hydrogen) atoms. The maximum Gasteiger partial charge on any atom is 0.191 e. The summed E-state index contributed by atoms with van der Waals surface area (Å²) in [5.74, 6) is 1.80. The van der Waals surface area contributed by atoms with Gasteiger partial charge in [-0.3, -0.25) is 4.99 Å². The first-order valence-corrected chi connectivity index (χ1v) is 8.96. The van der Waals surface area contributed by atoms with E-state index in [9.17, 15) is 0 Å². The smallest absolute Gasteiger partial charge is 0.191 e. The van der Waals surface area contributed by atoms with Crippen LogP contribution in [0.5, 0.6) is 0 Å². The molecule has 0 aromatic rings. The third-order valence-electron chi connectivity index (χ3n) is 4.90. The maximum atomic E-state index is 5.81. The van der Waals surface area contributed by atoms with Crippen molar-refractivity contribution in [2.75, 3.05) is 46.4 Å². The van der Waals surface area contributed by atoms with Crippen LogP contribution in [-0.2, 0) is 4.74 Å². The van der Waals surface area contributed by atoms with Gasteiger partial charge in [-0.15, -0.1) is 0 Å². The van der Waals surface area contributed by atoms with Gasteiger partial charge in [0.25, 0.3) is 0 Å². The lowest BCUT2D eigenvalue weighted by Gasteiger charge is -2.29. The van der Waals surface area contributed by atoms with E-state index >= 15 is 0 Å². The molecule has 0 spiro atoms. The number of nitrogens with zero attached hydrogens (tertiary/aromatic N) is 2. The average molecular weight is 310 g/mol. The molecule has 0 saturated carbocycles. The summed E-state index contributed by atoms with van der Waals surface area (Å²) in [4.78, 5) is 7.15. The molecule has 0 amide bonds. The van der Waals surface area contributed by atoms with E-state index in [0.717, 1.165) is 51.0 Å². The van der Waals surface area contributed by atoms with Gasteiger partial charge < -0.3 is 20.3 Å². The summed E-state index contributed by atoms with van der Waals surface area (Å²) in [6.45, 7) is 10.3. The molecule has 2 saturated heterocycles. The van der Waals surface area contributed by atoms with Gasteiger partial charge in [-0.25, -0.2) is 0 Å². The summed E-state index contributed by atoms with van der Waals surface area (Å²) in [5.41, 5.74) is -0.0592. The highest BCUT2D eigenvalue weighted by Gasteiger charge is 2.29. The number of piperidine rings is 1. The minimum Gasteiger partial charge on any atom is -0.373 e. The quantitative estimate of drug-likeness (QED) is 0.580. The summed E-state index contributed by atoms with van der Waals surface area (Å²) in [5, 5.41) is 6.83. The van der Waals surface area contributed by atoms with Crippen LogP contribution in [0, 0.1) is 5.92 Å². The maximum absolute atomic E-state index is 5.81. The molecule has 2 aliphatic heterocycles. The highest BCUT2D eigenvalue weighted by atomic mass is 16.5. The molecule has 0 aromatic carbocycles. The van der Waals surface area contributed by atoms with E-state index in [2.05, 4.69) is 36.4 Å². The van der Waals surface area contributed by atoms with Crippen LogP contribution in [0.15, 0.2) is 4.99 Å². The fraction of sp³-hybridized carbons (Fsp3) is 0.941. The van der Waals surface area contributed by atoms with E-state index in [1.807, 2.05) is 0 Å². The molecular weight excluding hydrogens is 276 g/mol. The Labute approximate surface area is 135 Å². The summed E-state index contributed by atoms with van der Waals surface area (Å²) < 4.78 is 5.81. The summed E-state index contributed by atoms with van der Waals surface area (Å²) >= 11 is 0. The van der Waals surface area contributed by atoms with Crippen molar-refractivity contribution < 1.29 is 4.74 Å². The van der Waals surface area contributed by atoms with E-state index in [-0.39, 0.29) is 5.60 Å². The fourth-order valence-corrected chi connectivity index (χ4v) is 3.30. The minimum atomic E-state index is -0.0592. The van der Waals surface area contributed by atoms with E-state index in [0.29, 0.717) is 0 Å². The van der Waals surface area contributed by atoms with Crippen LogP contribution in [0.25, 0.3) is 0 Å². The lowest BCUT2D eigenvalue weighted by Crippen LogP contribution is -2.40. The SMILES string of the molecule is CCNC(=NCC1(C)CCCO1)NCCC1CCN(C)CC1. The molecule has 2 aliphatic rings. The number of aliphatic imine (C=N–C) groups is 1. The van der Waals surface area contributed by atoms with E-state index in [1.54, 1.807) is 0 Å². The second-order valence-electron chi connectivity index (χ2n) is 7.06. The predicted molar refractivity (Wildman–Crippen MR) is 92.4 cm³/mol. The van der Waals surface area contributed by atoms with Gasteiger partial charge in [-0.2, -0.15) is 0 Å². The van der Waals surface area contributed by atoms with Crippen molar-refractivity contribution in [2.24, 2.45) is 10.9 Å². The largest absolute Gasteiger partial charge is 0.373 e. The van der Waals surface area contributed by atoms with Gasteiger partial charge >= 0.3 is 0 Å². The Balaban J connectivity index is 1.71. The topological polar surface area (TPSA) is 48.9 Å². The molecule has 2 heterocycles. The highest BCUT2D eigenvalue weighted by molar-refractivity contribution is 5.79. The highest BCUT2D eigenvalue weighted by Crippen LogP contribution is 2.25. The molecule has 1 atom stereocenters. The summed E-state index contributed by atoms with van der Waals surface area (Å²) in [6.07, 6.45) is 6.18. The standard InChI is InChI=1S/C17H34N4O/c1-4-18-16(20-14-17(2)9-5-13-22-17)19-10-6-15-7-11-21(3)12-8-15/h15H,4-14H2,1-3H3,(H2,18,19,20). The zero-order valence-electron chi connectivity index (χ0n) is 14.7. The van der Waals surface area contributed by atoms with Crippen LogP contribution in [0.2, 0.25) is 0 Å². The number of likely N-dealkylation sites (tertiary alicyclic amines) is 1. The molecule has 2 fully saturated rings. The Kier molecular flexibility index (Phi) is 6.96. The van der Waals surface area contributed by atoms with Crippen molar-refractivity contribution in [3.8, 4) is 0 Å². The van der Waals surface area contributed by atoms with Gasteiger partial charge in [0.1, 0.15) is 0 Å². The molecule has 0 bridgehead atoms. The molecule has 5 nitrogen and oxygen atoms in total. The summed E-state index contributed by atoms with van der Waals surface area (Å²) in [7, 11) is 2.22. The van der Waals surface area contributed by atoms with Crippen LogP contribution >= 0.6 is 0 Å². The lowest BCUT2D eigenvalue weighted by molar-refractivity contribution is 0.0283. The Morgan fingerprint density at radius 2 is 2.09 bits per heavy atom. The zero-order valence-corrected chi connectivity index (χ0v) is 14.7. The molecule has 2 N–H and O–H groups in total. The van der Waals surface area contributed by atoms with Crippen LogP contribution in [0.3, 0.4) is 0 Å². The van der Waals surface area contributed by atoms with Gasteiger partial charge in [-0.05, 0) is 72.0 Å². The third-order valence-corrected chi connectivity index (χ3v) is 4.90. The van der Waals surface area contributed by atoms with Crippen molar-refractivity contribution >= 4 is 5.96 Å². The molecule has 5 heteroatoms. The monoisotopic (exact) mass is 310 g/mol. The third kappa shape index (κ3) is 5.76. The Morgan fingerprint density at radius 1 is 1.32 bits per heavy atom. The number of ether oxygens (including phenoxy) is 1. The van der Waals surface area contributed by atoms with Gasteiger partial charge in [0.15, 0.2) is 5.96 Å². The van der Waals surface area contributed by atoms with Crippen LogP contribution in [0.1, 0.15) is 46.0 Å². The first-order chi connectivity index (χ1) is 10.6. The number of hydrogen-bond acceptors (Lipinski definition) is 3. The van der Waals surface area contributed by atoms with Crippen LogP contribution in [-0.4, -0.2) is 62.8 Å². The Bertz CT molecular complexity index is 345. The number of nitrogens with one attached hydrogen (secondary N) is 2. The van der Waals surface area contributed by atoms with Gasteiger partial charge in [0.05, 0.1) is 12.1 Å². The molecule has 2 rings (SSSR count). The van der Waals surface area contributed by atoms with Crippen molar-refractivity contribution in [1.82, 2.24) is 15.5 Å². The predicted octanol–water partition coefficient (Wildman–Crippen LogP) is 1.84. The first-order valence-electron chi connectivity index (χ1n) is 8.96. The number of rotatable bonds is 6. The average Bonchev–Trinajstić information content (AvgIpc) is 2.94. The zero-order chi connectivity index (χ0) is 15.8. The van der Waals surface area contributed by atoms with Crippen LogP contribution < -0.4 is 10.6 Å². The van der Waals surface area contributed by atoms with Crippen molar-refractivity contribution in [2.45, 2.75) is 51.6 Å². The van der Waals surface area contributed by atoms with E-state index in [4.69, 9.17) is 9.73 Å². The molecule has 0 radical (unpaired) electrons. The first kappa shape index (κ1) is 17.5. The van der Waals surface area contributed by atoms with E-state index < -0.39 is 0 Å². The number of guanidine groups is 1. The van der Waals surface area contributed by atoms with Gasteiger partial charge in [0, 0.05) is 19.7 Å². The molecule has 0 aliphatic carbocycles. The number of hydrogen-bond donors (Lipinski definition) is 2. The van der Waals surface area contributed by atoms with Crippen LogP contribution in [0.4, 0.5) is 0 Å². The molecule has 0 aromatic heterocycles. The second kappa shape index (κ2) is 8.73. The normalized spacial score (nSPS) is 28.0.